The van der Waals surface area contributed by atoms with Crippen LogP contribution >= 0.6 is 0 Å². The molecule has 0 N–H and O–H groups in total. The maximum atomic E-state index is 12.1. The predicted molar refractivity (Wildman–Crippen MR) is 131 cm³/mol. The summed E-state index contributed by atoms with van der Waals surface area (Å²) in [4.78, 5) is 12.1. The molecule has 35 heavy (non-hydrogen) atoms. The molecular weight excluding hydrogens is 444 g/mol. The molecule has 0 bridgehead atoms. The number of carbonyl (C=O) groups is 1. The van der Waals surface area contributed by atoms with Gasteiger partial charge in [-0.25, -0.2) is 0 Å². The Balaban J connectivity index is 1.24. The number of hydrogen-bond acceptors (Lipinski definition) is 6. The normalized spacial score (nSPS) is 17.5. The first-order valence-electron chi connectivity index (χ1n) is 12.0. The molecule has 6 heteroatoms. The van der Waals surface area contributed by atoms with Crippen molar-refractivity contribution < 1.29 is 28.5 Å². The van der Waals surface area contributed by atoms with E-state index in [1.807, 2.05) is 85.8 Å². The van der Waals surface area contributed by atoms with Crippen molar-refractivity contribution in [1.29, 1.82) is 0 Å². The molecule has 0 atom stereocenters. The van der Waals surface area contributed by atoms with Gasteiger partial charge in [-0.1, -0.05) is 54.6 Å². The van der Waals surface area contributed by atoms with E-state index in [0.29, 0.717) is 46.1 Å². The van der Waals surface area contributed by atoms with Crippen LogP contribution in [0, 0.1) is 0 Å². The van der Waals surface area contributed by atoms with E-state index in [2.05, 4.69) is 0 Å². The summed E-state index contributed by atoms with van der Waals surface area (Å²) in [6.45, 7) is 4.73. The van der Waals surface area contributed by atoms with E-state index in [0.717, 1.165) is 28.2 Å². The zero-order chi connectivity index (χ0) is 24.1. The topological polar surface area (TPSA) is 63.2 Å². The molecule has 3 aromatic rings. The number of esters is 1. The van der Waals surface area contributed by atoms with E-state index in [1.54, 1.807) is 0 Å². The van der Waals surface area contributed by atoms with Crippen LogP contribution in [0.4, 0.5) is 0 Å². The lowest BCUT2D eigenvalue weighted by Crippen LogP contribution is -2.51. The average Bonchev–Trinajstić information content (AvgIpc) is 2.84. The van der Waals surface area contributed by atoms with Crippen molar-refractivity contribution >= 4 is 5.97 Å². The van der Waals surface area contributed by atoms with Gasteiger partial charge in [-0.15, -0.1) is 0 Å². The molecule has 2 heterocycles. The van der Waals surface area contributed by atoms with Gasteiger partial charge >= 0.3 is 5.97 Å². The molecule has 0 saturated carbocycles. The van der Waals surface area contributed by atoms with Crippen molar-refractivity contribution in [3.8, 4) is 11.5 Å². The van der Waals surface area contributed by atoms with Gasteiger partial charge in [0.25, 0.3) is 0 Å². The maximum absolute atomic E-state index is 12.1. The number of hydrogen-bond donors (Lipinski definition) is 0. The van der Waals surface area contributed by atoms with Crippen molar-refractivity contribution in [2.75, 3.05) is 33.0 Å². The second-order valence-corrected chi connectivity index (χ2v) is 9.17. The molecule has 3 aromatic carbocycles. The molecule has 2 saturated heterocycles. The first kappa shape index (κ1) is 23.4. The van der Waals surface area contributed by atoms with Gasteiger partial charge in [0.15, 0.2) is 5.60 Å². The fourth-order valence-electron chi connectivity index (χ4n) is 4.48. The van der Waals surface area contributed by atoms with Gasteiger partial charge in [0.1, 0.15) is 18.1 Å². The molecule has 0 radical (unpaired) electrons. The minimum Gasteiger partial charge on any atom is -0.489 e. The van der Waals surface area contributed by atoms with Gasteiger partial charge in [0.05, 0.1) is 44.9 Å². The van der Waals surface area contributed by atoms with Gasteiger partial charge in [0, 0.05) is 5.56 Å². The van der Waals surface area contributed by atoms with Crippen LogP contribution in [0.15, 0.2) is 78.9 Å². The van der Waals surface area contributed by atoms with Crippen molar-refractivity contribution in [2.45, 2.75) is 31.0 Å². The molecule has 2 fully saturated rings. The number of benzene rings is 3. The molecule has 0 amide bonds. The monoisotopic (exact) mass is 474 g/mol. The molecule has 0 aromatic heterocycles. The van der Waals surface area contributed by atoms with Crippen molar-refractivity contribution in [3.63, 3.8) is 0 Å². The molecule has 0 unspecified atom stereocenters. The van der Waals surface area contributed by atoms with Crippen LogP contribution in [0.2, 0.25) is 0 Å². The summed E-state index contributed by atoms with van der Waals surface area (Å²) in [5, 5.41) is 0. The SMILES string of the molecule is CCOC(=O)CC1(c2ccc(OC3(c4ccc(OCc5ccccc5)cc4)COC3)cc2)COC1. The Morgan fingerprint density at radius 1 is 0.800 bits per heavy atom. The quantitative estimate of drug-likeness (QED) is 0.394. The van der Waals surface area contributed by atoms with E-state index < -0.39 is 5.60 Å². The molecule has 0 aliphatic carbocycles. The van der Waals surface area contributed by atoms with E-state index in [9.17, 15) is 4.79 Å². The highest BCUT2D eigenvalue weighted by Crippen LogP contribution is 2.39. The largest absolute Gasteiger partial charge is 0.489 e. The highest BCUT2D eigenvalue weighted by Gasteiger charge is 2.44. The molecule has 2 aliphatic heterocycles. The Bertz CT molecular complexity index is 1120. The zero-order valence-electron chi connectivity index (χ0n) is 19.9. The predicted octanol–water partition coefficient (Wildman–Crippen LogP) is 4.79. The summed E-state index contributed by atoms with van der Waals surface area (Å²) < 4.78 is 28.5. The average molecular weight is 475 g/mol. The Kier molecular flexibility index (Phi) is 6.75. The third kappa shape index (κ3) is 5.04. The molecular formula is C29H30O6. The van der Waals surface area contributed by atoms with Gasteiger partial charge < -0.3 is 23.7 Å². The lowest BCUT2D eigenvalue weighted by molar-refractivity contribution is -0.167. The summed E-state index contributed by atoms with van der Waals surface area (Å²) >= 11 is 0. The van der Waals surface area contributed by atoms with Crippen LogP contribution in [0.1, 0.15) is 30.0 Å². The summed E-state index contributed by atoms with van der Waals surface area (Å²) in [5.74, 6) is 1.37. The van der Waals surface area contributed by atoms with Crippen LogP contribution in [0.25, 0.3) is 0 Å². The third-order valence-electron chi connectivity index (χ3n) is 6.62. The summed E-state index contributed by atoms with van der Waals surface area (Å²) in [7, 11) is 0. The minimum absolute atomic E-state index is 0.196. The van der Waals surface area contributed by atoms with Gasteiger partial charge in [0.2, 0.25) is 0 Å². The zero-order valence-corrected chi connectivity index (χ0v) is 19.9. The Labute approximate surface area is 205 Å². The first-order chi connectivity index (χ1) is 17.1. The van der Waals surface area contributed by atoms with Crippen LogP contribution < -0.4 is 9.47 Å². The lowest BCUT2D eigenvalue weighted by atomic mass is 9.76. The van der Waals surface area contributed by atoms with Crippen LogP contribution in [-0.2, 0) is 36.6 Å². The summed E-state index contributed by atoms with van der Waals surface area (Å²) in [5.41, 5.74) is 2.39. The summed E-state index contributed by atoms with van der Waals surface area (Å²) in [6, 6.07) is 26.1. The van der Waals surface area contributed by atoms with E-state index in [1.165, 1.54) is 0 Å². The van der Waals surface area contributed by atoms with Crippen LogP contribution in [0.3, 0.4) is 0 Å². The Morgan fingerprint density at radius 2 is 1.43 bits per heavy atom. The maximum Gasteiger partial charge on any atom is 0.306 e. The van der Waals surface area contributed by atoms with Gasteiger partial charge in [-0.05, 0) is 42.3 Å². The number of ether oxygens (including phenoxy) is 5. The second kappa shape index (κ2) is 10.1. The third-order valence-corrected chi connectivity index (χ3v) is 6.62. The van der Waals surface area contributed by atoms with E-state index in [4.69, 9.17) is 23.7 Å². The number of rotatable bonds is 10. The number of carbonyl (C=O) groups excluding carboxylic acids is 1. The molecule has 6 nitrogen and oxygen atoms in total. The van der Waals surface area contributed by atoms with Gasteiger partial charge in [-0.2, -0.15) is 0 Å². The molecule has 0 spiro atoms. The fraction of sp³-hybridized carbons (Fsp3) is 0.345. The first-order valence-corrected chi connectivity index (χ1v) is 12.0. The van der Waals surface area contributed by atoms with Gasteiger partial charge in [-0.3, -0.25) is 4.79 Å². The van der Waals surface area contributed by atoms with Crippen LogP contribution in [0.5, 0.6) is 11.5 Å². The standard InChI is InChI=1S/C29H30O6/c1-2-33-27(30)16-28(18-31-19-28)23-8-14-26(15-9-23)35-29(20-32-21-29)24-10-12-25(13-11-24)34-17-22-6-4-3-5-7-22/h3-15H,2,16-21H2,1H3. The highest BCUT2D eigenvalue weighted by atomic mass is 16.6. The highest BCUT2D eigenvalue weighted by molar-refractivity contribution is 5.72. The van der Waals surface area contributed by atoms with Crippen LogP contribution in [-0.4, -0.2) is 39.0 Å². The van der Waals surface area contributed by atoms with Crippen molar-refractivity contribution in [3.05, 3.63) is 95.6 Å². The fourth-order valence-corrected chi connectivity index (χ4v) is 4.48. The second-order valence-electron chi connectivity index (χ2n) is 9.17. The summed E-state index contributed by atoms with van der Waals surface area (Å²) in [6.07, 6.45) is 0.317. The molecule has 2 aliphatic rings. The van der Waals surface area contributed by atoms with E-state index in [-0.39, 0.29) is 11.4 Å². The minimum atomic E-state index is -0.526. The molecule has 5 rings (SSSR count). The van der Waals surface area contributed by atoms with Crippen molar-refractivity contribution in [1.82, 2.24) is 0 Å². The smallest absolute Gasteiger partial charge is 0.306 e. The Hall–Kier alpha value is -3.35. The molecule has 182 valence electrons. The lowest BCUT2D eigenvalue weighted by Gasteiger charge is -2.42. The van der Waals surface area contributed by atoms with Crippen molar-refractivity contribution in [2.24, 2.45) is 0 Å². The Morgan fingerprint density at radius 3 is 2.00 bits per heavy atom. The van der Waals surface area contributed by atoms with E-state index >= 15 is 0 Å².